The Morgan fingerprint density at radius 3 is 2.76 bits per heavy atom. The molecule has 0 fully saturated rings. The first-order chi connectivity index (χ1) is 10.2. The van der Waals surface area contributed by atoms with E-state index in [0.29, 0.717) is 17.6 Å². The fourth-order valence-corrected chi connectivity index (χ4v) is 1.76. The van der Waals surface area contributed by atoms with Crippen LogP contribution in [0.2, 0.25) is 0 Å². The Bertz CT molecular complexity index is 643. The molecule has 2 N–H and O–H groups in total. The summed E-state index contributed by atoms with van der Waals surface area (Å²) in [6, 6.07) is 3.23. The summed E-state index contributed by atoms with van der Waals surface area (Å²) in [7, 11) is 0. The van der Waals surface area contributed by atoms with Gasteiger partial charge < -0.3 is 5.43 Å². The van der Waals surface area contributed by atoms with Crippen LogP contribution in [0.25, 0.3) is 0 Å². The largest absolute Gasteiger partial charge is 0.305 e. The lowest BCUT2D eigenvalue weighted by atomic mass is 9.99. The minimum Gasteiger partial charge on any atom is -0.305 e. The van der Waals surface area contributed by atoms with Crippen molar-refractivity contribution in [1.29, 1.82) is 0 Å². The van der Waals surface area contributed by atoms with Crippen LogP contribution in [-0.2, 0) is 4.79 Å². The van der Waals surface area contributed by atoms with Crippen LogP contribution in [0.3, 0.4) is 0 Å². The molecule has 21 heavy (non-hydrogen) atoms. The molecule has 0 aliphatic heterocycles. The lowest BCUT2D eigenvalue weighted by Crippen LogP contribution is -2.33. The Morgan fingerprint density at radius 2 is 2.05 bits per heavy atom. The van der Waals surface area contributed by atoms with Gasteiger partial charge in [0.15, 0.2) is 5.78 Å². The van der Waals surface area contributed by atoms with Crippen LogP contribution in [0.5, 0.6) is 0 Å². The van der Waals surface area contributed by atoms with Crippen LogP contribution in [0.1, 0.15) is 16.8 Å². The highest BCUT2D eigenvalue weighted by Gasteiger charge is 2.09. The van der Waals surface area contributed by atoms with Gasteiger partial charge in [-0.25, -0.2) is 0 Å². The van der Waals surface area contributed by atoms with Crippen LogP contribution in [-0.4, -0.2) is 16.7 Å². The zero-order valence-electron chi connectivity index (χ0n) is 11.4. The first-order valence-electron chi connectivity index (χ1n) is 6.40. The molecule has 0 aromatic carbocycles. The molecule has 0 saturated carbocycles. The van der Waals surface area contributed by atoms with Gasteiger partial charge in [-0.05, 0) is 42.4 Å². The Kier molecular flexibility index (Phi) is 4.82. The van der Waals surface area contributed by atoms with Gasteiger partial charge in [0, 0.05) is 29.7 Å². The van der Waals surface area contributed by atoms with E-state index in [2.05, 4.69) is 22.4 Å². The molecule has 0 bridgehead atoms. The molecule has 1 aromatic rings. The van der Waals surface area contributed by atoms with E-state index >= 15 is 0 Å². The molecule has 5 heteroatoms. The lowest BCUT2D eigenvalue weighted by Gasteiger charge is -2.09. The van der Waals surface area contributed by atoms with Crippen molar-refractivity contribution >= 4 is 11.7 Å². The maximum Gasteiger partial charge on any atom is 0.269 e. The van der Waals surface area contributed by atoms with Crippen molar-refractivity contribution in [2.45, 2.75) is 6.42 Å². The molecule has 1 aliphatic carbocycles. The van der Waals surface area contributed by atoms with Gasteiger partial charge in [0.05, 0.1) is 0 Å². The van der Waals surface area contributed by atoms with Crippen molar-refractivity contribution in [3.8, 4) is 0 Å². The second kappa shape index (κ2) is 7.00. The smallest absolute Gasteiger partial charge is 0.269 e. The zero-order chi connectivity index (χ0) is 15.1. The average molecular weight is 281 g/mol. The molecule has 1 aliphatic rings. The van der Waals surface area contributed by atoms with Gasteiger partial charge in [-0.1, -0.05) is 6.08 Å². The van der Waals surface area contributed by atoms with Gasteiger partial charge in [0.25, 0.3) is 5.91 Å². The van der Waals surface area contributed by atoms with Gasteiger partial charge in [0.2, 0.25) is 0 Å². The Labute approximate surface area is 122 Å². The number of hydrazine groups is 1. The zero-order valence-corrected chi connectivity index (χ0v) is 11.4. The van der Waals surface area contributed by atoms with Gasteiger partial charge >= 0.3 is 0 Å². The molecule has 1 aromatic heterocycles. The summed E-state index contributed by atoms with van der Waals surface area (Å²) < 4.78 is 0. The number of hydrogen-bond donors (Lipinski definition) is 2. The normalized spacial score (nSPS) is 15.5. The third-order valence-corrected chi connectivity index (χ3v) is 2.82. The highest BCUT2D eigenvalue weighted by Crippen LogP contribution is 2.15. The fourth-order valence-electron chi connectivity index (χ4n) is 1.76. The number of rotatable bonds is 5. The Balaban J connectivity index is 1.95. The van der Waals surface area contributed by atoms with Gasteiger partial charge in [0.1, 0.15) is 0 Å². The maximum atomic E-state index is 11.8. The van der Waals surface area contributed by atoms with Crippen LogP contribution < -0.4 is 10.9 Å². The first-order valence-corrected chi connectivity index (χ1v) is 6.40. The van der Waals surface area contributed by atoms with E-state index in [-0.39, 0.29) is 11.7 Å². The third-order valence-electron chi connectivity index (χ3n) is 2.82. The topological polar surface area (TPSA) is 71.1 Å². The van der Waals surface area contributed by atoms with Crippen molar-refractivity contribution in [2.75, 3.05) is 0 Å². The fraction of sp³-hybridized carbons (Fsp3) is 0.0625. The summed E-state index contributed by atoms with van der Waals surface area (Å²) in [5.74, 6) is -0.284. The number of amides is 1. The number of hydrogen-bond acceptors (Lipinski definition) is 4. The van der Waals surface area contributed by atoms with Crippen LogP contribution >= 0.6 is 0 Å². The van der Waals surface area contributed by atoms with E-state index in [1.165, 1.54) is 6.08 Å². The number of pyridine rings is 1. The highest BCUT2D eigenvalue weighted by atomic mass is 16.2. The molecule has 0 atom stereocenters. The van der Waals surface area contributed by atoms with Crippen molar-refractivity contribution in [1.82, 2.24) is 15.8 Å². The predicted octanol–water partition coefficient (Wildman–Crippen LogP) is 1.84. The van der Waals surface area contributed by atoms with E-state index < -0.39 is 0 Å². The molecule has 5 nitrogen and oxygen atoms in total. The van der Waals surface area contributed by atoms with E-state index in [9.17, 15) is 9.59 Å². The molecule has 1 amide bonds. The lowest BCUT2D eigenvalue weighted by molar-refractivity contribution is -0.111. The van der Waals surface area contributed by atoms with Crippen LogP contribution in [0.15, 0.2) is 72.8 Å². The molecule has 0 radical (unpaired) electrons. The number of carbonyl (C=O) groups excluding carboxylic acids is 2. The molecule has 1 heterocycles. The Hall–Kier alpha value is -2.95. The second-order valence-corrected chi connectivity index (χ2v) is 4.34. The number of nitrogens with one attached hydrogen (secondary N) is 2. The number of aromatic nitrogens is 1. The standard InChI is InChI=1S/C16H15N3O2/c1-2-3-14-10-12(4-5-15(14)20)11-18-19-16(21)13-6-8-17-9-7-13/h2,4-11,18H,1,3H2,(H,19,21). The summed E-state index contributed by atoms with van der Waals surface area (Å²) >= 11 is 0. The van der Waals surface area contributed by atoms with E-state index in [1.54, 1.807) is 49.0 Å². The molecule has 106 valence electrons. The van der Waals surface area contributed by atoms with E-state index in [4.69, 9.17) is 0 Å². The monoisotopic (exact) mass is 281 g/mol. The molecular formula is C16H15N3O2. The first kappa shape index (κ1) is 14.5. The van der Waals surface area contributed by atoms with Crippen molar-refractivity contribution in [3.63, 3.8) is 0 Å². The molecule has 0 unspecified atom stereocenters. The summed E-state index contributed by atoms with van der Waals surface area (Å²) in [5.41, 5.74) is 7.23. The van der Waals surface area contributed by atoms with Crippen LogP contribution in [0, 0.1) is 0 Å². The number of nitrogens with zero attached hydrogens (tertiary/aromatic N) is 1. The SMILES string of the molecule is C=CCC1=CC(=CNNC(=O)c2ccncc2)C=CC1=O. The van der Waals surface area contributed by atoms with Crippen molar-refractivity contribution in [2.24, 2.45) is 0 Å². The molecule has 0 spiro atoms. The summed E-state index contributed by atoms with van der Waals surface area (Å²) in [4.78, 5) is 27.2. The minimum atomic E-state index is -0.264. The Morgan fingerprint density at radius 1 is 1.29 bits per heavy atom. The number of ketones is 1. The van der Waals surface area contributed by atoms with Crippen LogP contribution in [0.4, 0.5) is 0 Å². The quantitative estimate of drug-likeness (QED) is 0.638. The second-order valence-electron chi connectivity index (χ2n) is 4.34. The third kappa shape index (κ3) is 4.01. The average Bonchev–Trinajstić information content (AvgIpc) is 2.51. The maximum absolute atomic E-state index is 11.8. The summed E-state index contributed by atoms with van der Waals surface area (Å²) in [5, 5.41) is 0. The molecular weight excluding hydrogens is 266 g/mol. The molecule has 0 saturated heterocycles. The predicted molar refractivity (Wildman–Crippen MR) is 80.0 cm³/mol. The summed E-state index contributed by atoms with van der Waals surface area (Å²) in [6.07, 6.45) is 11.8. The van der Waals surface area contributed by atoms with Crippen molar-refractivity contribution < 1.29 is 9.59 Å². The van der Waals surface area contributed by atoms with Gasteiger partial charge in [-0.2, -0.15) is 0 Å². The van der Waals surface area contributed by atoms with E-state index in [0.717, 1.165) is 5.57 Å². The summed E-state index contributed by atoms with van der Waals surface area (Å²) in [6.45, 7) is 3.62. The van der Waals surface area contributed by atoms with Gasteiger partial charge in [-0.3, -0.25) is 20.0 Å². The number of allylic oxidation sites excluding steroid dienone is 6. The highest BCUT2D eigenvalue weighted by molar-refractivity contribution is 6.06. The minimum absolute atomic E-state index is 0.0205. The molecule has 2 rings (SSSR count). The van der Waals surface area contributed by atoms with Crippen molar-refractivity contribution in [3.05, 3.63) is 78.3 Å². The van der Waals surface area contributed by atoms with Gasteiger partial charge in [-0.15, -0.1) is 6.58 Å². The van der Waals surface area contributed by atoms with E-state index in [1.807, 2.05) is 0 Å². The number of carbonyl (C=O) groups is 2.